The lowest BCUT2D eigenvalue weighted by Crippen LogP contribution is -2.34. The number of hydrogen-bond donors (Lipinski definition) is 1. The van der Waals surface area contributed by atoms with Crippen LogP contribution < -0.4 is 5.32 Å². The summed E-state index contributed by atoms with van der Waals surface area (Å²) in [5.41, 5.74) is -0.425. The van der Waals surface area contributed by atoms with Crippen molar-refractivity contribution in [2.45, 2.75) is 39.7 Å². The maximum atomic E-state index is 11.2. The van der Waals surface area contributed by atoms with Gasteiger partial charge in [0.25, 0.3) is 0 Å². The van der Waals surface area contributed by atoms with Crippen LogP contribution in [0.5, 0.6) is 0 Å². The molecule has 0 heterocycles. The number of ether oxygens (including phenoxy) is 1. The lowest BCUT2D eigenvalue weighted by atomic mass is 10.1. The van der Waals surface area contributed by atoms with Crippen molar-refractivity contribution < 1.29 is 9.53 Å². The second kappa shape index (κ2) is 5.68. The third-order valence-corrected chi connectivity index (χ3v) is 1.56. The predicted molar refractivity (Wildman–Crippen MR) is 58.2 cm³/mol. The number of carbonyl (C=O) groups is 1. The van der Waals surface area contributed by atoms with Gasteiger partial charge in [0.15, 0.2) is 0 Å². The monoisotopic (exact) mass is 199 g/mol. The molecule has 0 spiro atoms. The summed E-state index contributed by atoms with van der Waals surface area (Å²) in [6.45, 7) is 11.9. The van der Waals surface area contributed by atoms with Gasteiger partial charge >= 0.3 is 6.09 Å². The van der Waals surface area contributed by atoms with Crippen LogP contribution in [0.3, 0.4) is 0 Å². The molecule has 0 unspecified atom stereocenters. The molecule has 0 aromatic heterocycles. The molecular weight excluding hydrogens is 178 g/mol. The smallest absolute Gasteiger partial charge is 0.407 e. The molecule has 14 heavy (non-hydrogen) atoms. The molecule has 0 saturated carbocycles. The number of nitrogens with one attached hydrogen (secondary N) is 1. The minimum absolute atomic E-state index is 0.353. The Kier molecular flexibility index (Phi) is 5.28. The first kappa shape index (κ1) is 13.0. The summed E-state index contributed by atoms with van der Waals surface area (Å²) < 4.78 is 5.09. The van der Waals surface area contributed by atoms with Gasteiger partial charge in [-0.2, -0.15) is 0 Å². The highest BCUT2D eigenvalue weighted by Gasteiger charge is 2.15. The van der Waals surface area contributed by atoms with Gasteiger partial charge in [-0.15, -0.1) is 6.58 Å². The molecule has 0 aromatic carbocycles. The van der Waals surface area contributed by atoms with E-state index < -0.39 is 5.60 Å². The highest BCUT2D eigenvalue weighted by molar-refractivity contribution is 5.67. The number of allylic oxidation sites excluding steroid dienone is 1. The zero-order chi connectivity index (χ0) is 11.2. The lowest BCUT2D eigenvalue weighted by molar-refractivity contribution is 0.0520. The van der Waals surface area contributed by atoms with Gasteiger partial charge in [-0.3, -0.25) is 0 Å². The molecule has 0 aliphatic rings. The van der Waals surface area contributed by atoms with E-state index in [1.165, 1.54) is 0 Å². The number of amides is 1. The van der Waals surface area contributed by atoms with Crippen molar-refractivity contribution in [3.8, 4) is 0 Å². The quantitative estimate of drug-likeness (QED) is 0.707. The molecule has 0 aliphatic heterocycles. The van der Waals surface area contributed by atoms with E-state index in [1.807, 2.05) is 26.8 Å². The molecule has 1 N–H and O–H groups in total. The van der Waals surface area contributed by atoms with Crippen molar-refractivity contribution in [1.82, 2.24) is 5.32 Å². The van der Waals surface area contributed by atoms with Crippen LogP contribution in [0, 0.1) is 5.92 Å². The molecule has 1 atom stereocenters. The van der Waals surface area contributed by atoms with Gasteiger partial charge in [-0.1, -0.05) is 13.0 Å². The largest absolute Gasteiger partial charge is 0.444 e. The second-order valence-electron chi connectivity index (χ2n) is 4.51. The van der Waals surface area contributed by atoms with E-state index in [1.54, 1.807) is 0 Å². The van der Waals surface area contributed by atoms with Crippen LogP contribution in [0.2, 0.25) is 0 Å². The molecule has 3 nitrogen and oxygen atoms in total. The van der Waals surface area contributed by atoms with Gasteiger partial charge in [0, 0.05) is 6.54 Å². The van der Waals surface area contributed by atoms with E-state index in [0.29, 0.717) is 12.5 Å². The SMILES string of the molecule is C=CC[C@H](C)CNC(=O)OC(C)(C)C. The molecular formula is C11H21NO2. The van der Waals surface area contributed by atoms with Crippen molar-refractivity contribution in [3.05, 3.63) is 12.7 Å². The fourth-order valence-corrected chi connectivity index (χ4v) is 0.940. The molecule has 1 amide bonds. The first-order valence-corrected chi connectivity index (χ1v) is 4.93. The molecule has 0 bridgehead atoms. The van der Waals surface area contributed by atoms with Crippen LogP contribution in [-0.4, -0.2) is 18.2 Å². The van der Waals surface area contributed by atoms with E-state index >= 15 is 0 Å². The van der Waals surface area contributed by atoms with E-state index in [2.05, 4.69) is 18.8 Å². The summed E-state index contributed by atoms with van der Waals surface area (Å²) in [7, 11) is 0. The zero-order valence-corrected chi connectivity index (χ0v) is 9.59. The molecule has 0 fully saturated rings. The summed E-state index contributed by atoms with van der Waals surface area (Å²) in [5, 5.41) is 2.71. The fraction of sp³-hybridized carbons (Fsp3) is 0.727. The molecule has 82 valence electrons. The van der Waals surface area contributed by atoms with Gasteiger partial charge in [-0.25, -0.2) is 4.79 Å². The molecule has 0 aromatic rings. The minimum Gasteiger partial charge on any atom is -0.444 e. The highest BCUT2D eigenvalue weighted by atomic mass is 16.6. The molecule has 0 aliphatic carbocycles. The molecule has 0 saturated heterocycles. The van der Waals surface area contributed by atoms with Crippen molar-refractivity contribution >= 4 is 6.09 Å². The second-order valence-corrected chi connectivity index (χ2v) is 4.51. The van der Waals surface area contributed by atoms with Crippen molar-refractivity contribution in [3.63, 3.8) is 0 Å². The Hall–Kier alpha value is -0.990. The number of carbonyl (C=O) groups excluding carboxylic acids is 1. The summed E-state index contributed by atoms with van der Waals surface area (Å²) in [6.07, 6.45) is 2.39. The maximum Gasteiger partial charge on any atom is 0.407 e. The summed E-state index contributed by atoms with van der Waals surface area (Å²) in [5.74, 6) is 0.403. The molecule has 0 rings (SSSR count). The number of alkyl carbamates (subject to hydrolysis) is 1. The normalized spacial score (nSPS) is 13.1. The first-order valence-electron chi connectivity index (χ1n) is 4.93. The van der Waals surface area contributed by atoms with Crippen molar-refractivity contribution in [2.75, 3.05) is 6.54 Å². The molecule has 0 radical (unpaired) electrons. The van der Waals surface area contributed by atoms with E-state index in [0.717, 1.165) is 6.42 Å². The Balaban J connectivity index is 3.69. The topological polar surface area (TPSA) is 38.3 Å². The van der Waals surface area contributed by atoms with Crippen LogP contribution in [0.1, 0.15) is 34.1 Å². The van der Waals surface area contributed by atoms with Crippen LogP contribution in [0.4, 0.5) is 4.79 Å². The average molecular weight is 199 g/mol. The number of hydrogen-bond acceptors (Lipinski definition) is 2. The van der Waals surface area contributed by atoms with Gasteiger partial charge in [0.2, 0.25) is 0 Å². The summed E-state index contributed by atoms with van der Waals surface area (Å²) in [6, 6.07) is 0. The van der Waals surface area contributed by atoms with Gasteiger partial charge in [0.1, 0.15) is 5.60 Å². The van der Waals surface area contributed by atoms with Gasteiger partial charge in [0.05, 0.1) is 0 Å². The van der Waals surface area contributed by atoms with Gasteiger partial charge in [-0.05, 0) is 33.1 Å². The highest BCUT2D eigenvalue weighted by Crippen LogP contribution is 2.07. The average Bonchev–Trinajstić information content (AvgIpc) is 1.98. The van der Waals surface area contributed by atoms with E-state index in [-0.39, 0.29) is 6.09 Å². The Labute approximate surface area is 86.5 Å². The summed E-state index contributed by atoms with van der Waals surface area (Å²) >= 11 is 0. The Morgan fingerprint density at radius 3 is 2.57 bits per heavy atom. The van der Waals surface area contributed by atoms with E-state index in [4.69, 9.17) is 4.74 Å². The molecule has 3 heteroatoms. The van der Waals surface area contributed by atoms with Crippen LogP contribution >= 0.6 is 0 Å². The Morgan fingerprint density at radius 1 is 1.57 bits per heavy atom. The Morgan fingerprint density at radius 2 is 2.14 bits per heavy atom. The zero-order valence-electron chi connectivity index (χ0n) is 9.59. The first-order chi connectivity index (χ1) is 6.35. The lowest BCUT2D eigenvalue weighted by Gasteiger charge is -2.20. The fourth-order valence-electron chi connectivity index (χ4n) is 0.940. The van der Waals surface area contributed by atoms with Crippen LogP contribution in [-0.2, 0) is 4.74 Å². The van der Waals surface area contributed by atoms with Crippen LogP contribution in [0.15, 0.2) is 12.7 Å². The third-order valence-electron chi connectivity index (χ3n) is 1.56. The standard InChI is InChI=1S/C11H21NO2/c1-6-7-9(2)8-12-10(13)14-11(3,4)5/h6,9H,1,7-8H2,2-5H3,(H,12,13)/t9-/m0/s1. The summed E-state index contributed by atoms with van der Waals surface area (Å²) in [4.78, 5) is 11.2. The minimum atomic E-state index is -0.425. The van der Waals surface area contributed by atoms with Crippen LogP contribution in [0.25, 0.3) is 0 Å². The van der Waals surface area contributed by atoms with Crippen molar-refractivity contribution in [1.29, 1.82) is 0 Å². The maximum absolute atomic E-state index is 11.2. The Bertz CT molecular complexity index is 194. The predicted octanol–water partition coefficient (Wildman–Crippen LogP) is 2.72. The van der Waals surface area contributed by atoms with E-state index in [9.17, 15) is 4.79 Å². The van der Waals surface area contributed by atoms with Crippen molar-refractivity contribution in [2.24, 2.45) is 5.92 Å². The third kappa shape index (κ3) is 7.65. The number of rotatable bonds is 4. The van der Waals surface area contributed by atoms with Gasteiger partial charge < -0.3 is 10.1 Å².